The third-order valence-corrected chi connectivity index (χ3v) is 2.42. The van der Waals surface area contributed by atoms with Gasteiger partial charge in [-0.25, -0.2) is 0 Å². The van der Waals surface area contributed by atoms with Gasteiger partial charge in [-0.1, -0.05) is 6.92 Å². The third-order valence-electron chi connectivity index (χ3n) is 2.42. The van der Waals surface area contributed by atoms with Crippen LogP contribution in [0.2, 0.25) is 0 Å². The van der Waals surface area contributed by atoms with Crippen LogP contribution >= 0.6 is 0 Å². The second-order valence-electron chi connectivity index (χ2n) is 4.23. The van der Waals surface area contributed by atoms with Crippen LogP contribution in [0.4, 0.5) is 0 Å². The molecule has 0 saturated heterocycles. The number of methoxy groups -OCH3 is 1. The van der Waals surface area contributed by atoms with Crippen molar-refractivity contribution in [2.24, 2.45) is 11.8 Å². The lowest BCUT2D eigenvalue weighted by Crippen LogP contribution is -2.35. The number of rotatable bonds is 7. The Morgan fingerprint density at radius 3 is 2.56 bits per heavy atom. The average Bonchev–Trinajstić information content (AvgIpc) is 2.25. The highest BCUT2D eigenvalue weighted by Crippen LogP contribution is 2.07. The first-order chi connectivity index (χ1) is 7.54. The predicted molar refractivity (Wildman–Crippen MR) is 62.7 cm³/mol. The van der Waals surface area contributed by atoms with E-state index in [2.05, 4.69) is 6.07 Å². The van der Waals surface area contributed by atoms with Gasteiger partial charge in [0.2, 0.25) is 5.91 Å². The van der Waals surface area contributed by atoms with Crippen molar-refractivity contribution < 1.29 is 9.53 Å². The van der Waals surface area contributed by atoms with Crippen molar-refractivity contribution in [1.29, 1.82) is 5.26 Å². The predicted octanol–water partition coefficient (Wildman–Crippen LogP) is 1.67. The molecule has 2 atom stereocenters. The summed E-state index contributed by atoms with van der Waals surface area (Å²) in [5.74, 6) is 0.222. The van der Waals surface area contributed by atoms with Crippen molar-refractivity contribution in [2.75, 3.05) is 26.8 Å². The molecule has 0 spiro atoms. The Bertz CT molecular complexity index is 248. The van der Waals surface area contributed by atoms with Gasteiger partial charge >= 0.3 is 0 Å². The van der Waals surface area contributed by atoms with E-state index >= 15 is 0 Å². The van der Waals surface area contributed by atoms with Crippen molar-refractivity contribution in [1.82, 2.24) is 4.90 Å². The van der Waals surface area contributed by atoms with Crippen LogP contribution in [-0.4, -0.2) is 37.6 Å². The van der Waals surface area contributed by atoms with Gasteiger partial charge in [0, 0.05) is 33.2 Å². The third kappa shape index (κ3) is 5.72. The lowest BCUT2D eigenvalue weighted by Gasteiger charge is -2.23. The number of nitriles is 1. The van der Waals surface area contributed by atoms with Crippen LogP contribution in [0.25, 0.3) is 0 Å². The van der Waals surface area contributed by atoms with E-state index in [1.807, 2.05) is 20.8 Å². The van der Waals surface area contributed by atoms with Crippen molar-refractivity contribution in [3.8, 4) is 6.07 Å². The SMILES string of the molecule is CCN(CC(C)C#N)C(=O)CC(C)COC. The fourth-order valence-corrected chi connectivity index (χ4v) is 1.55. The molecule has 0 heterocycles. The molecule has 1 amide bonds. The summed E-state index contributed by atoms with van der Waals surface area (Å²) in [6.07, 6.45) is 0.486. The molecule has 0 fully saturated rings. The Labute approximate surface area is 98.2 Å². The zero-order chi connectivity index (χ0) is 12.6. The zero-order valence-corrected chi connectivity index (χ0v) is 10.7. The number of carbonyl (C=O) groups is 1. The van der Waals surface area contributed by atoms with Crippen LogP contribution in [0.5, 0.6) is 0 Å². The van der Waals surface area contributed by atoms with E-state index in [0.29, 0.717) is 26.1 Å². The van der Waals surface area contributed by atoms with Crippen LogP contribution in [0.3, 0.4) is 0 Å². The molecule has 0 aromatic carbocycles. The molecule has 0 aliphatic rings. The van der Waals surface area contributed by atoms with E-state index in [1.165, 1.54) is 0 Å². The van der Waals surface area contributed by atoms with Gasteiger partial charge in [0.25, 0.3) is 0 Å². The Kier molecular flexibility index (Phi) is 7.57. The maximum atomic E-state index is 11.9. The molecule has 2 unspecified atom stereocenters. The largest absolute Gasteiger partial charge is 0.384 e. The fourth-order valence-electron chi connectivity index (χ4n) is 1.55. The molecule has 0 bridgehead atoms. The Hall–Kier alpha value is -1.08. The van der Waals surface area contributed by atoms with Gasteiger partial charge in [0.1, 0.15) is 0 Å². The van der Waals surface area contributed by atoms with E-state index in [-0.39, 0.29) is 17.7 Å². The van der Waals surface area contributed by atoms with Crippen LogP contribution in [-0.2, 0) is 9.53 Å². The van der Waals surface area contributed by atoms with E-state index in [1.54, 1.807) is 12.0 Å². The maximum Gasteiger partial charge on any atom is 0.222 e. The van der Waals surface area contributed by atoms with Crippen molar-refractivity contribution in [3.05, 3.63) is 0 Å². The number of hydrogen-bond donors (Lipinski definition) is 0. The maximum absolute atomic E-state index is 11.9. The molecule has 0 radical (unpaired) electrons. The summed E-state index contributed by atoms with van der Waals surface area (Å²) in [6, 6.07) is 2.14. The normalized spacial score (nSPS) is 13.9. The van der Waals surface area contributed by atoms with Crippen molar-refractivity contribution >= 4 is 5.91 Å². The lowest BCUT2D eigenvalue weighted by atomic mass is 10.1. The minimum atomic E-state index is -0.110. The molecule has 0 saturated carbocycles. The minimum Gasteiger partial charge on any atom is -0.384 e. The number of ether oxygens (including phenoxy) is 1. The Morgan fingerprint density at radius 2 is 2.12 bits per heavy atom. The molecule has 4 heteroatoms. The van der Waals surface area contributed by atoms with Crippen molar-refractivity contribution in [2.45, 2.75) is 27.2 Å². The molecule has 4 nitrogen and oxygen atoms in total. The molecule has 0 rings (SSSR count). The standard InChI is InChI=1S/C12H22N2O2/c1-5-14(8-11(3)7-13)12(15)6-10(2)9-16-4/h10-11H,5-6,8-9H2,1-4H3. The number of amides is 1. The summed E-state index contributed by atoms with van der Waals surface area (Å²) in [4.78, 5) is 13.6. The topological polar surface area (TPSA) is 53.3 Å². The van der Waals surface area contributed by atoms with Crippen LogP contribution in [0.15, 0.2) is 0 Å². The first-order valence-electron chi connectivity index (χ1n) is 5.71. The molecule has 0 aromatic heterocycles. The van der Waals surface area contributed by atoms with Gasteiger partial charge in [0.15, 0.2) is 0 Å². The first kappa shape index (κ1) is 14.9. The van der Waals surface area contributed by atoms with Crippen LogP contribution in [0, 0.1) is 23.2 Å². The van der Waals surface area contributed by atoms with E-state index in [9.17, 15) is 4.79 Å². The lowest BCUT2D eigenvalue weighted by molar-refractivity contribution is -0.132. The van der Waals surface area contributed by atoms with Crippen LogP contribution in [0.1, 0.15) is 27.2 Å². The molecular weight excluding hydrogens is 204 g/mol. The number of nitrogens with zero attached hydrogens (tertiary/aromatic N) is 2. The van der Waals surface area contributed by atoms with E-state index in [4.69, 9.17) is 10.00 Å². The first-order valence-corrected chi connectivity index (χ1v) is 5.71. The highest BCUT2D eigenvalue weighted by atomic mass is 16.5. The van der Waals surface area contributed by atoms with Gasteiger partial charge in [0.05, 0.1) is 12.0 Å². The second kappa shape index (κ2) is 8.12. The van der Waals surface area contributed by atoms with Gasteiger partial charge in [-0.2, -0.15) is 5.26 Å². The summed E-state index contributed by atoms with van der Waals surface area (Å²) in [5.41, 5.74) is 0. The Balaban J connectivity index is 4.16. The summed E-state index contributed by atoms with van der Waals surface area (Å²) in [5, 5.41) is 8.72. The highest BCUT2D eigenvalue weighted by molar-refractivity contribution is 5.76. The number of hydrogen-bond acceptors (Lipinski definition) is 3. The minimum absolute atomic E-state index is 0.106. The summed E-state index contributed by atoms with van der Waals surface area (Å²) < 4.78 is 5.00. The van der Waals surface area contributed by atoms with E-state index < -0.39 is 0 Å². The average molecular weight is 226 g/mol. The highest BCUT2D eigenvalue weighted by Gasteiger charge is 2.17. The smallest absolute Gasteiger partial charge is 0.222 e. The van der Waals surface area contributed by atoms with Crippen LogP contribution < -0.4 is 0 Å². The molecule has 0 aliphatic heterocycles. The van der Waals surface area contributed by atoms with Gasteiger partial charge in [-0.05, 0) is 19.8 Å². The van der Waals surface area contributed by atoms with Gasteiger partial charge in [-0.15, -0.1) is 0 Å². The molecule has 0 aromatic rings. The van der Waals surface area contributed by atoms with E-state index in [0.717, 1.165) is 0 Å². The molecule has 0 aliphatic carbocycles. The summed E-state index contributed by atoms with van der Waals surface area (Å²) in [7, 11) is 1.64. The molecule has 92 valence electrons. The monoisotopic (exact) mass is 226 g/mol. The van der Waals surface area contributed by atoms with Gasteiger partial charge in [-0.3, -0.25) is 4.79 Å². The van der Waals surface area contributed by atoms with Gasteiger partial charge < -0.3 is 9.64 Å². The molecule has 0 N–H and O–H groups in total. The Morgan fingerprint density at radius 1 is 1.50 bits per heavy atom. The molecule has 16 heavy (non-hydrogen) atoms. The fraction of sp³-hybridized carbons (Fsp3) is 0.833. The summed E-state index contributed by atoms with van der Waals surface area (Å²) >= 11 is 0. The molecular formula is C12H22N2O2. The van der Waals surface area contributed by atoms with Crippen molar-refractivity contribution in [3.63, 3.8) is 0 Å². The zero-order valence-electron chi connectivity index (χ0n) is 10.7. The summed E-state index contributed by atoms with van der Waals surface area (Å²) in [6.45, 7) is 7.52. The quantitative estimate of drug-likeness (QED) is 0.663. The second-order valence-corrected chi connectivity index (χ2v) is 4.23. The number of carbonyl (C=O) groups excluding carboxylic acids is 1.